The summed E-state index contributed by atoms with van der Waals surface area (Å²) in [5.41, 5.74) is 1.95. The van der Waals surface area contributed by atoms with E-state index in [1.54, 1.807) is 0 Å². The van der Waals surface area contributed by atoms with Gasteiger partial charge in [0.15, 0.2) is 0 Å². The van der Waals surface area contributed by atoms with Crippen LogP contribution < -0.4 is 20.4 Å². The molecule has 0 saturated carbocycles. The number of ketones is 4. The van der Waals surface area contributed by atoms with Gasteiger partial charge in [-0.1, -0.05) is 59.9 Å². The van der Waals surface area contributed by atoms with E-state index in [-0.39, 0.29) is 33.0 Å². The van der Waals surface area contributed by atoms with Crippen molar-refractivity contribution in [3.8, 4) is 0 Å². The van der Waals surface area contributed by atoms with E-state index in [0.29, 0.717) is 0 Å². The van der Waals surface area contributed by atoms with Crippen molar-refractivity contribution in [1.29, 1.82) is 0 Å². The second kappa shape index (κ2) is 35.0. The van der Waals surface area contributed by atoms with Gasteiger partial charge < -0.3 is 30.8 Å². The van der Waals surface area contributed by atoms with Crippen LogP contribution in [0.15, 0.2) is 108 Å². The molecule has 0 fully saturated rings. The van der Waals surface area contributed by atoms with Crippen molar-refractivity contribution >= 4 is 56.7 Å². The van der Waals surface area contributed by atoms with Crippen molar-refractivity contribution in [3.63, 3.8) is 0 Å². The molecule has 0 N–H and O–H groups in total. The van der Waals surface area contributed by atoms with Crippen LogP contribution in [0.1, 0.15) is 11.1 Å². The zero-order chi connectivity index (χ0) is 61.4. The van der Waals surface area contributed by atoms with E-state index in [0.717, 1.165) is 30.7 Å². The monoisotopic (exact) mass is 1310 g/mol. The van der Waals surface area contributed by atoms with Crippen molar-refractivity contribution in [3.05, 3.63) is 130 Å². The maximum absolute atomic E-state index is 11.3. The minimum absolute atomic E-state index is 0. The standard InChI is InChI=1S/2C9H11NOS.4C5H2F6O2.2Ni/c2*1-10(11)9(12-2)8-6-4-3-5-7-8;4*6-4(7,8)2(12)1-3(13)5(9,10)11;;/h2*3-7H,1-2H3;4*1,12H;;/q;;;;;;2*+2/p-4/b2*10-9-;4*2-1-;;. The number of rotatable bonds is 6. The normalized spacial score (nSPS) is 13.5. The van der Waals surface area contributed by atoms with Crippen LogP contribution in [0.3, 0.4) is 0 Å². The minimum atomic E-state index is -5.46. The van der Waals surface area contributed by atoms with Gasteiger partial charge in [-0.2, -0.15) is 105 Å². The fraction of sp³-hybridized carbons (Fsp3) is 0.316. The van der Waals surface area contributed by atoms with Gasteiger partial charge in [-0.3, -0.25) is 19.2 Å². The summed E-state index contributed by atoms with van der Waals surface area (Å²) in [5, 5.41) is 62.8. The first-order valence-electron chi connectivity index (χ1n) is 17.7. The van der Waals surface area contributed by atoms with Crippen LogP contribution in [0.25, 0.3) is 0 Å². The Kier molecular flexibility index (Phi) is 37.5. The third-order valence-corrected chi connectivity index (χ3v) is 8.04. The minimum Gasteiger partial charge on any atom is -0.869 e. The molecular formula is C38H26F24N2Ni2O10S2. The third kappa shape index (κ3) is 37.9. The summed E-state index contributed by atoms with van der Waals surface area (Å²) in [5.74, 6) is -22.6. The fourth-order valence-corrected chi connectivity index (χ4v) is 4.41. The molecule has 448 valence electrons. The van der Waals surface area contributed by atoms with Crippen molar-refractivity contribution in [2.75, 3.05) is 26.6 Å². The van der Waals surface area contributed by atoms with Gasteiger partial charge in [0.2, 0.25) is 0 Å². The van der Waals surface area contributed by atoms with E-state index in [2.05, 4.69) is 0 Å². The van der Waals surface area contributed by atoms with Crippen LogP contribution in [0.4, 0.5) is 105 Å². The molecule has 12 nitrogen and oxygen atoms in total. The average Bonchev–Trinajstić information content (AvgIpc) is 3.23. The van der Waals surface area contributed by atoms with Crippen molar-refractivity contribution < 1.29 is 187 Å². The molecule has 0 amide bonds. The van der Waals surface area contributed by atoms with Crippen LogP contribution in [0.5, 0.6) is 0 Å². The van der Waals surface area contributed by atoms with Gasteiger partial charge in [0, 0.05) is 0 Å². The Bertz CT molecular complexity index is 2110. The summed E-state index contributed by atoms with van der Waals surface area (Å²) in [6.07, 6.45) is -44.0. The number of hydrogen-bond donors (Lipinski definition) is 0. The Morgan fingerprint density at radius 1 is 0.359 bits per heavy atom. The summed E-state index contributed by atoms with van der Waals surface area (Å²) in [6.45, 7) is 0. The molecule has 0 bridgehead atoms. The van der Waals surface area contributed by atoms with Gasteiger partial charge in [0.1, 0.15) is 14.1 Å². The summed E-state index contributed by atoms with van der Waals surface area (Å²) in [6, 6.07) is 19.3. The number of hydroxylamine groups is 2. The quantitative estimate of drug-likeness (QED) is 0.0316. The average molecular weight is 1310 g/mol. The Hall–Kier alpha value is -5.77. The summed E-state index contributed by atoms with van der Waals surface area (Å²) in [7, 11) is 3.03. The molecule has 0 heterocycles. The Morgan fingerprint density at radius 2 is 0.513 bits per heavy atom. The molecule has 0 unspecified atom stereocenters. The summed E-state index contributed by atoms with van der Waals surface area (Å²) < 4.78 is 273. The number of halogens is 24. The molecule has 2 aromatic rings. The van der Waals surface area contributed by atoms with Crippen LogP contribution >= 0.6 is 23.5 Å². The van der Waals surface area contributed by atoms with E-state index >= 15 is 0 Å². The van der Waals surface area contributed by atoms with Gasteiger partial charge in [-0.05, 0) is 84.1 Å². The number of alkyl halides is 24. The third-order valence-electron chi connectivity index (χ3n) is 6.28. The van der Waals surface area contributed by atoms with Crippen molar-refractivity contribution in [1.82, 2.24) is 0 Å². The van der Waals surface area contributed by atoms with Gasteiger partial charge >= 0.3 is 82.4 Å². The van der Waals surface area contributed by atoms with E-state index in [9.17, 15) is 155 Å². The molecule has 0 aliphatic rings. The smallest absolute Gasteiger partial charge is 0.869 e. The molecule has 78 heavy (non-hydrogen) atoms. The number of benzene rings is 2. The van der Waals surface area contributed by atoms with Gasteiger partial charge in [-0.25, -0.2) is 9.48 Å². The Balaban J connectivity index is -0.000000198. The number of nitrogens with zero attached hydrogens (tertiary/aromatic N) is 2. The van der Waals surface area contributed by atoms with Crippen LogP contribution in [-0.2, 0) is 52.2 Å². The number of hydrogen-bond acceptors (Lipinski definition) is 12. The summed E-state index contributed by atoms with van der Waals surface area (Å²) >= 11 is 2.92. The fourth-order valence-electron chi connectivity index (χ4n) is 3.15. The largest absolute Gasteiger partial charge is 2.00 e. The Labute approximate surface area is 448 Å². The maximum atomic E-state index is 11.3. The molecule has 0 aliphatic carbocycles. The number of thioether (sulfide) groups is 2. The topological polar surface area (TPSA) is 213 Å². The second-order valence-electron chi connectivity index (χ2n) is 12.2. The summed E-state index contributed by atoms with van der Waals surface area (Å²) in [4.78, 5) is 39.3. The van der Waals surface area contributed by atoms with Crippen molar-refractivity contribution in [2.24, 2.45) is 0 Å². The van der Waals surface area contributed by atoms with E-state index in [1.165, 1.54) is 37.6 Å². The van der Waals surface area contributed by atoms with Gasteiger partial charge in [0.05, 0.1) is 11.1 Å². The molecule has 2 aromatic carbocycles. The predicted octanol–water partition coefficient (Wildman–Crippen LogP) is 7.56. The number of carbonyl (C=O) groups excluding carboxylic acids is 4. The molecule has 0 aliphatic heterocycles. The van der Waals surface area contributed by atoms with E-state index in [1.807, 2.05) is 73.2 Å². The van der Waals surface area contributed by atoms with Crippen LogP contribution in [-0.4, -0.2) is 119 Å². The first kappa shape index (κ1) is 83.5. The zero-order valence-corrected chi connectivity index (χ0v) is 41.2. The first-order chi connectivity index (χ1) is 33.7. The van der Waals surface area contributed by atoms with Crippen molar-refractivity contribution in [2.45, 2.75) is 49.4 Å². The van der Waals surface area contributed by atoms with Crippen LogP contribution in [0.2, 0.25) is 0 Å². The molecule has 0 atom stereocenters. The zero-order valence-electron chi connectivity index (χ0n) is 37.6. The molecule has 0 saturated heterocycles. The van der Waals surface area contributed by atoms with Gasteiger partial charge in [0.25, 0.3) is 33.2 Å². The second-order valence-corrected chi connectivity index (χ2v) is 13.8. The number of carbonyl (C=O) groups is 4. The van der Waals surface area contributed by atoms with Crippen LogP contribution in [0, 0.1) is 10.4 Å². The van der Waals surface area contributed by atoms with Gasteiger partial charge in [-0.15, -0.1) is 0 Å². The maximum Gasteiger partial charge on any atom is 2.00 e. The molecule has 40 heteroatoms. The predicted molar refractivity (Wildman–Crippen MR) is 208 cm³/mol. The molecule has 2 rings (SSSR count). The van der Waals surface area contributed by atoms with E-state index < -0.39 is 120 Å². The molecule has 0 radical (unpaired) electrons. The molecule has 0 aromatic heterocycles. The first-order valence-corrected chi connectivity index (χ1v) is 20.2. The molecule has 0 spiro atoms. The Morgan fingerprint density at radius 3 is 0.615 bits per heavy atom. The van der Waals surface area contributed by atoms with E-state index in [4.69, 9.17) is 0 Å². The SMILES string of the molecule is CS/C(c1ccccc1)=[N+](/C)[O-].CS/C(c1ccccc1)=[N+](/C)[O-].O=C(/C=C(\[O-])C(F)(F)F)C(F)(F)F.O=C(/C=C(\[O-])C(F)(F)F)C(F)(F)F.O=C(/C=C(\[O-])C(F)(F)F)C(F)(F)F.O=C(/C=C(\[O-])C(F)(F)F)C(F)(F)F.[Ni+2].[Ni+2]. The molecular weight excluding hydrogens is 1280 g/mol. The number of allylic oxidation sites excluding steroid dienone is 8.